The van der Waals surface area contributed by atoms with Gasteiger partial charge in [-0.2, -0.15) is 0 Å². The van der Waals surface area contributed by atoms with E-state index in [0.29, 0.717) is 10.0 Å². The first-order valence-electron chi connectivity index (χ1n) is 6.75. The molecule has 2 aromatic rings. The number of nitrogens with one attached hydrogen (secondary N) is 1. The normalized spacial score (nSPS) is 14.1. The van der Waals surface area contributed by atoms with Gasteiger partial charge in [0.15, 0.2) is 0 Å². The van der Waals surface area contributed by atoms with Crippen LogP contribution in [0.15, 0.2) is 42.5 Å². The highest BCUT2D eigenvalue weighted by atomic mass is 35.5. The summed E-state index contributed by atoms with van der Waals surface area (Å²) in [5.41, 5.74) is 3.70. The lowest BCUT2D eigenvalue weighted by atomic mass is 10.0. The number of hydrogen-bond acceptors (Lipinski definition) is 1. The minimum Gasteiger partial charge on any atom is -0.304 e. The van der Waals surface area contributed by atoms with Crippen LogP contribution in [0.25, 0.3) is 0 Å². The van der Waals surface area contributed by atoms with E-state index >= 15 is 0 Å². The number of benzene rings is 2. The summed E-state index contributed by atoms with van der Waals surface area (Å²) in [6.07, 6.45) is 0. The minimum absolute atomic E-state index is 0.209. The van der Waals surface area contributed by atoms with Crippen molar-refractivity contribution in [1.29, 1.82) is 0 Å². The molecule has 0 amide bonds. The van der Waals surface area contributed by atoms with Crippen LogP contribution in [0.3, 0.4) is 0 Å². The van der Waals surface area contributed by atoms with Crippen LogP contribution < -0.4 is 5.32 Å². The molecule has 20 heavy (non-hydrogen) atoms. The third kappa shape index (κ3) is 3.76. The zero-order valence-electron chi connectivity index (χ0n) is 12.0. The van der Waals surface area contributed by atoms with Gasteiger partial charge < -0.3 is 5.32 Å². The standard InChI is InChI=1S/C17H19Cl2N/c1-11-5-4-6-14(9-11)12(2)20-13(3)15-7-8-16(18)17(19)10-15/h4-10,12-13,20H,1-3H3/t12-,13?/m0/s1. The highest BCUT2D eigenvalue weighted by Crippen LogP contribution is 2.27. The van der Waals surface area contributed by atoms with Crippen LogP contribution in [-0.4, -0.2) is 0 Å². The molecular weight excluding hydrogens is 289 g/mol. The van der Waals surface area contributed by atoms with Gasteiger partial charge in [0.05, 0.1) is 10.0 Å². The second kappa shape index (κ2) is 6.62. The fourth-order valence-corrected chi connectivity index (χ4v) is 2.60. The second-order valence-corrected chi connectivity index (χ2v) is 6.01. The van der Waals surface area contributed by atoms with E-state index in [-0.39, 0.29) is 12.1 Å². The maximum Gasteiger partial charge on any atom is 0.0595 e. The van der Waals surface area contributed by atoms with E-state index in [1.807, 2.05) is 18.2 Å². The van der Waals surface area contributed by atoms with Crippen LogP contribution in [0, 0.1) is 6.92 Å². The molecule has 0 bridgehead atoms. The summed E-state index contributed by atoms with van der Waals surface area (Å²) in [4.78, 5) is 0. The Hall–Kier alpha value is -1.02. The van der Waals surface area contributed by atoms with E-state index in [0.717, 1.165) is 5.56 Å². The molecule has 1 N–H and O–H groups in total. The summed E-state index contributed by atoms with van der Waals surface area (Å²) in [5, 5.41) is 4.77. The van der Waals surface area contributed by atoms with Gasteiger partial charge in [0, 0.05) is 12.1 Å². The maximum absolute atomic E-state index is 6.07. The zero-order chi connectivity index (χ0) is 14.7. The first-order chi connectivity index (χ1) is 9.47. The maximum atomic E-state index is 6.07. The van der Waals surface area contributed by atoms with Crippen molar-refractivity contribution in [1.82, 2.24) is 5.32 Å². The van der Waals surface area contributed by atoms with E-state index in [2.05, 4.69) is 50.4 Å². The lowest BCUT2D eigenvalue weighted by molar-refractivity contribution is 0.494. The Morgan fingerprint density at radius 3 is 2.10 bits per heavy atom. The Bertz CT molecular complexity index is 595. The van der Waals surface area contributed by atoms with Crippen molar-refractivity contribution in [2.45, 2.75) is 32.9 Å². The van der Waals surface area contributed by atoms with Crippen molar-refractivity contribution in [3.8, 4) is 0 Å². The molecule has 106 valence electrons. The smallest absolute Gasteiger partial charge is 0.0595 e. The Kier molecular flexibility index (Phi) is 5.09. The van der Waals surface area contributed by atoms with Crippen LogP contribution in [0.2, 0.25) is 10.0 Å². The molecule has 2 atom stereocenters. The molecule has 0 saturated heterocycles. The molecule has 2 aromatic carbocycles. The van der Waals surface area contributed by atoms with E-state index in [9.17, 15) is 0 Å². The molecule has 0 aliphatic heterocycles. The highest BCUT2D eigenvalue weighted by Gasteiger charge is 2.12. The average molecular weight is 308 g/mol. The van der Waals surface area contributed by atoms with E-state index in [1.165, 1.54) is 11.1 Å². The third-order valence-corrected chi connectivity index (χ3v) is 4.22. The summed E-state index contributed by atoms with van der Waals surface area (Å²) >= 11 is 12.0. The van der Waals surface area contributed by atoms with Gasteiger partial charge in [0.2, 0.25) is 0 Å². The fraction of sp³-hybridized carbons (Fsp3) is 0.294. The summed E-state index contributed by atoms with van der Waals surface area (Å²) in [6, 6.07) is 14.8. The zero-order valence-corrected chi connectivity index (χ0v) is 13.5. The Balaban J connectivity index is 2.10. The molecule has 0 radical (unpaired) electrons. The molecular formula is C17H19Cl2N. The van der Waals surface area contributed by atoms with Crippen molar-refractivity contribution in [2.24, 2.45) is 0 Å². The minimum atomic E-state index is 0.209. The van der Waals surface area contributed by atoms with Crippen LogP contribution in [0.4, 0.5) is 0 Å². The molecule has 3 heteroatoms. The van der Waals surface area contributed by atoms with Crippen molar-refractivity contribution < 1.29 is 0 Å². The largest absolute Gasteiger partial charge is 0.304 e. The summed E-state index contributed by atoms with van der Waals surface area (Å²) in [7, 11) is 0. The highest BCUT2D eigenvalue weighted by molar-refractivity contribution is 6.42. The summed E-state index contributed by atoms with van der Waals surface area (Å²) in [6.45, 7) is 6.41. The Morgan fingerprint density at radius 1 is 0.850 bits per heavy atom. The lowest BCUT2D eigenvalue weighted by Crippen LogP contribution is -2.22. The van der Waals surface area contributed by atoms with Gasteiger partial charge in [-0.3, -0.25) is 0 Å². The van der Waals surface area contributed by atoms with Gasteiger partial charge in [-0.05, 0) is 44.0 Å². The van der Waals surface area contributed by atoms with Gasteiger partial charge in [0.25, 0.3) is 0 Å². The molecule has 2 rings (SSSR count). The number of rotatable bonds is 4. The van der Waals surface area contributed by atoms with Crippen LogP contribution in [0.5, 0.6) is 0 Å². The van der Waals surface area contributed by atoms with Crippen molar-refractivity contribution in [3.63, 3.8) is 0 Å². The molecule has 1 unspecified atom stereocenters. The Morgan fingerprint density at radius 2 is 1.50 bits per heavy atom. The quantitative estimate of drug-likeness (QED) is 0.762. The molecule has 0 aliphatic carbocycles. The molecule has 0 aromatic heterocycles. The van der Waals surface area contributed by atoms with Gasteiger partial charge in [-0.1, -0.05) is 59.1 Å². The molecule has 0 aliphatic rings. The fourth-order valence-electron chi connectivity index (χ4n) is 2.29. The van der Waals surface area contributed by atoms with Crippen LogP contribution >= 0.6 is 23.2 Å². The van der Waals surface area contributed by atoms with E-state index in [1.54, 1.807) is 0 Å². The van der Waals surface area contributed by atoms with Crippen LogP contribution in [-0.2, 0) is 0 Å². The number of hydrogen-bond donors (Lipinski definition) is 1. The molecule has 1 nitrogen and oxygen atoms in total. The SMILES string of the molecule is Cc1cccc([C@H](C)NC(C)c2ccc(Cl)c(Cl)c2)c1. The average Bonchev–Trinajstić information content (AvgIpc) is 2.41. The monoisotopic (exact) mass is 307 g/mol. The summed E-state index contributed by atoms with van der Waals surface area (Å²) in [5.74, 6) is 0. The van der Waals surface area contributed by atoms with Gasteiger partial charge in [-0.15, -0.1) is 0 Å². The van der Waals surface area contributed by atoms with Gasteiger partial charge in [-0.25, -0.2) is 0 Å². The molecule has 0 spiro atoms. The first-order valence-corrected chi connectivity index (χ1v) is 7.50. The summed E-state index contributed by atoms with van der Waals surface area (Å²) < 4.78 is 0. The molecule has 0 heterocycles. The van der Waals surface area contributed by atoms with E-state index < -0.39 is 0 Å². The molecule has 0 fully saturated rings. The van der Waals surface area contributed by atoms with Gasteiger partial charge >= 0.3 is 0 Å². The van der Waals surface area contributed by atoms with E-state index in [4.69, 9.17) is 23.2 Å². The molecule has 0 saturated carbocycles. The topological polar surface area (TPSA) is 12.0 Å². The number of aryl methyl sites for hydroxylation is 1. The predicted molar refractivity (Wildman–Crippen MR) is 87.6 cm³/mol. The Labute approximate surface area is 130 Å². The van der Waals surface area contributed by atoms with Crippen LogP contribution in [0.1, 0.15) is 42.6 Å². The van der Waals surface area contributed by atoms with Gasteiger partial charge in [0.1, 0.15) is 0 Å². The van der Waals surface area contributed by atoms with Crippen molar-refractivity contribution >= 4 is 23.2 Å². The predicted octanol–water partition coefficient (Wildman–Crippen LogP) is 5.71. The van der Waals surface area contributed by atoms with Crippen molar-refractivity contribution in [2.75, 3.05) is 0 Å². The van der Waals surface area contributed by atoms with Crippen molar-refractivity contribution in [3.05, 3.63) is 69.2 Å². The number of halogens is 2. The second-order valence-electron chi connectivity index (χ2n) is 5.20. The third-order valence-electron chi connectivity index (χ3n) is 3.49. The lowest BCUT2D eigenvalue weighted by Gasteiger charge is -2.21. The first kappa shape index (κ1) is 15.4.